The molecule has 0 amide bonds. The van der Waals surface area contributed by atoms with Gasteiger partial charge in [0.25, 0.3) is 0 Å². The lowest BCUT2D eigenvalue weighted by Crippen LogP contribution is -2.30. The van der Waals surface area contributed by atoms with E-state index in [1.54, 1.807) is 13.8 Å². The van der Waals surface area contributed by atoms with Crippen LogP contribution in [0.3, 0.4) is 0 Å². The van der Waals surface area contributed by atoms with E-state index in [-0.39, 0.29) is 24.7 Å². The summed E-state index contributed by atoms with van der Waals surface area (Å²) in [5.41, 5.74) is 4.20. The summed E-state index contributed by atoms with van der Waals surface area (Å²) in [4.78, 5) is 0. The second-order valence-corrected chi connectivity index (χ2v) is 4.71. The van der Waals surface area contributed by atoms with Crippen molar-refractivity contribution in [3.8, 4) is 0 Å². The molecule has 20 heavy (non-hydrogen) atoms. The molecule has 2 nitrogen and oxygen atoms in total. The first-order valence-electron chi connectivity index (χ1n) is 5.63. The van der Waals surface area contributed by atoms with E-state index in [1.807, 2.05) is 0 Å². The van der Waals surface area contributed by atoms with Crippen LogP contribution in [0.5, 0.6) is 0 Å². The van der Waals surface area contributed by atoms with E-state index in [2.05, 4.69) is 0 Å². The Morgan fingerprint density at radius 3 is 1.60 bits per heavy atom. The zero-order chi connectivity index (χ0) is 14.9. The summed E-state index contributed by atoms with van der Waals surface area (Å²) in [6.45, 7) is 3.43. The minimum Gasteiger partial charge on any atom is -0.391 e. The maximum Gasteiger partial charge on any atom is 0.200 e. The molecule has 0 bridgehead atoms. The number of aliphatic hydroxyl groups is 1. The quantitative estimate of drug-likeness (QED) is 0.508. The van der Waals surface area contributed by atoms with Crippen molar-refractivity contribution in [2.45, 2.75) is 32.4 Å². The molecule has 0 aliphatic heterocycles. The zero-order valence-electron chi connectivity index (χ0n) is 10.8. The first-order valence-corrected chi connectivity index (χ1v) is 5.63. The number of aliphatic hydroxyl groups excluding tert-OH is 1. The van der Waals surface area contributed by atoms with Gasteiger partial charge in [0.15, 0.2) is 23.3 Å². The van der Waals surface area contributed by atoms with E-state index in [9.17, 15) is 27.1 Å². The van der Waals surface area contributed by atoms with Gasteiger partial charge in [-0.05, 0) is 12.3 Å². The van der Waals surface area contributed by atoms with Crippen LogP contribution in [-0.4, -0.2) is 11.2 Å². The fourth-order valence-corrected chi connectivity index (χ4v) is 1.74. The van der Waals surface area contributed by atoms with Crippen molar-refractivity contribution in [1.29, 1.82) is 0 Å². The van der Waals surface area contributed by atoms with Crippen LogP contribution in [-0.2, 0) is 0 Å². The number of rotatable bonds is 4. The van der Waals surface area contributed by atoms with Gasteiger partial charge in [-0.25, -0.2) is 22.0 Å². The van der Waals surface area contributed by atoms with E-state index in [4.69, 9.17) is 5.73 Å². The predicted octanol–water partition coefficient (Wildman–Crippen LogP) is 3.21. The Kier molecular flexibility index (Phi) is 6.86. The third-order valence-corrected chi connectivity index (χ3v) is 2.70. The van der Waals surface area contributed by atoms with Gasteiger partial charge in [0.1, 0.15) is 0 Å². The molecule has 0 spiro atoms. The van der Waals surface area contributed by atoms with Crippen LogP contribution < -0.4 is 5.73 Å². The van der Waals surface area contributed by atoms with Crippen LogP contribution >= 0.6 is 12.4 Å². The van der Waals surface area contributed by atoms with Crippen molar-refractivity contribution in [3.63, 3.8) is 0 Å². The Labute approximate surface area is 119 Å². The van der Waals surface area contributed by atoms with Crippen molar-refractivity contribution < 1.29 is 27.1 Å². The molecule has 8 heteroatoms. The van der Waals surface area contributed by atoms with Crippen molar-refractivity contribution in [1.82, 2.24) is 0 Å². The summed E-state index contributed by atoms with van der Waals surface area (Å²) in [6.07, 6.45) is -1.34. The SMILES string of the molecule is CC(C)C[C@H](O)[C@H](N)c1c(F)c(F)c(F)c(F)c1F.Cl. The van der Waals surface area contributed by atoms with Crippen molar-refractivity contribution in [3.05, 3.63) is 34.6 Å². The van der Waals surface area contributed by atoms with Crippen LogP contribution in [0.15, 0.2) is 0 Å². The highest BCUT2D eigenvalue weighted by molar-refractivity contribution is 5.85. The molecule has 0 saturated carbocycles. The molecule has 2 atom stereocenters. The lowest BCUT2D eigenvalue weighted by molar-refractivity contribution is 0.117. The molecule has 0 heterocycles. The van der Waals surface area contributed by atoms with Gasteiger partial charge in [0, 0.05) is 5.56 Å². The fourth-order valence-electron chi connectivity index (χ4n) is 1.74. The lowest BCUT2D eigenvalue weighted by atomic mass is 9.94. The standard InChI is InChI=1S/C12H14F5NO.ClH/c1-4(2)3-5(19)12(18)6-7(13)9(15)11(17)10(16)8(6)14;/h4-5,12,19H,3,18H2,1-2H3;1H/t5-,12-;/m0./s1. The molecule has 1 rings (SSSR count). The molecular weight excluding hydrogens is 305 g/mol. The van der Waals surface area contributed by atoms with Crippen molar-refractivity contribution in [2.24, 2.45) is 11.7 Å². The van der Waals surface area contributed by atoms with E-state index >= 15 is 0 Å². The summed E-state index contributed by atoms with van der Waals surface area (Å²) in [5, 5.41) is 9.64. The summed E-state index contributed by atoms with van der Waals surface area (Å²) in [5.74, 6) is -10.5. The second kappa shape index (κ2) is 7.19. The molecule has 1 aromatic rings. The smallest absolute Gasteiger partial charge is 0.200 e. The number of nitrogens with two attached hydrogens (primary N) is 1. The number of hydrogen-bond donors (Lipinski definition) is 2. The molecule has 1 aromatic carbocycles. The van der Waals surface area contributed by atoms with Gasteiger partial charge in [-0.15, -0.1) is 12.4 Å². The molecule has 0 unspecified atom stereocenters. The van der Waals surface area contributed by atoms with Gasteiger partial charge in [-0.3, -0.25) is 0 Å². The minimum atomic E-state index is -2.25. The van der Waals surface area contributed by atoms with Crippen LogP contribution in [0.4, 0.5) is 22.0 Å². The average Bonchev–Trinajstić information content (AvgIpc) is 2.33. The molecule has 0 aliphatic rings. The van der Waals surface area contributed by atoms with E-state index in [1.165, 1.54) is 0 Å². The summed E-state index contributed by atoms with van der Waals surface area (Å²) in [6, 6.07) is -1.69. The molecule has 0 fully saturated rings. The topological polar surface area (TPSA) is 46.2 Å². The number of halogens is 6. The molecular formula is C12H15ClF5NO. The van der Waals surface area contributed by atoms with Gasteiger partial charge in [0.05, 0.1) is 12.1 Å². The van der Waals surface area contributed by atoms with Gasteiger partial charge in [0.2, 0.25) is 5.82 Å². The Morgan fingerprint density at radius 1 is 0.900 bits per heavy atom. The minimum absolute atomic E-state index is 0. The largest absolute Gasteiger partial charge is 0.391 e. The van der Waals surface area contributed by atoms with Gasteiger partial charge >= 0.3 is 0 Å². The highest BCUT2D eigenvalue weighted by atomic mass is 35.5. The third kappa shape index (κ3) is 3.59. The Morgan fingerprint density at radius 2 is 1.25 bits per heavy atom. The van der Waals surface area contributed by atoms with Crippen LogP contribution in [0.2, 0.25) is 0 Å². The van der Waals surface area contributed by atoms with Crippen molar-refractivity contribution >= 4 is 12.4 Å². The molecule has 0 aromatic heterocycles. The number of benzene rings is 1. The van der Waals surface area contributed by atoms with Gasteiger partial charge < -0.3 is 10.8 Å². The van der Waals surface area contributed by atoms with E-state index < -0.39 is 46.8 Å². The summed E-state index contributed by atoms with van der Waals surface area (Å²) in [7, 11) is 0. The van der Waals surface area contributed by atoms with Crippen molar-refractivity contribution in [2.75, 3.05) is 0 Å². The lowest BCUT2D eigenvalue weighted by Gasteiger charge is -2.22. The summed E-state index contributed by atoms with van der Waals surface area (Å²) >= 11 is 0. The van der Waals surface area contributed by atoms with Crippen LogP contribution in [0, 0.1) is 35.0 Å². The van der Waals surface area contributed by atoms with Gasteiger partial charge in [-0.1, -0.05) is 13.8 Å². The van der Waals surface area contributed by atoms with Gasteiger partial charge in [-0.2, -0.15) is 0 Å². The van der Waals surface area contributed by atoms with E-state index in [0.29, 0.717) is 0 Å². The van der Waals surface area contributed by atoms with Crippen LogP contribution in [0.25, 0.3) is 0 Å². The Hall–Kier alpha value is -0.920. The molecule has 0 aliphatic carbocycles. The highest BCUT2D eigenvalue weighted by Crippen LogP contribution is 2.29. The molecule has 0 radical (unpaired) electrons. The maximum atomic E-state index is 13.4. The van der Waals surface area contributed by atoms with E-state index in [0.717, 1.165) is 0 Å². The maximum absolute atomic E-state index is 13.4. The Bertz CT molecular complexity index is 454. The fraction of sp³-hybridized carbons (Fsp3) is 0.500. The molecule has 0 saturated heterocycles. The zero-order valence-corrected chi connectivity index (χ0v) is 11.6. The Balaban J connectivity index is 0.00000361. The predicted molar refractivity (Wildman–Crippen MR) is 65.9 cm³/mol. The summed E-state index contributed by atoms with van der Waals surface area (Å²) < 4.78 is 65.7. The molecule has 116 valence electrons. The molecule has 3 N–H and O–H groups in total. The number of hydrogen-bond acceptors (Lipinski definition) is 2. The average molecular weight is 320 g/mol. The van der Waals surface area contributed by atoms with Crippen LogP contribution in [0.1, 0.15) is 31.9 Å². The normalized spacial score (nSPS) is 14.1. The second-order valence-electron chi connectivity index (χ2n) is 4.71. The highest BCUT2D eigenvalue weighted by Gasteiger charge is 2.31. The first-order chi connectivity index (χ1) is 8.68. The first kappa shape index (κ1) is 19.1. The third-order valence-electron chi connectivity index (χ3n) is 2.70. The monoisotopic (exact) mass is 319 g/mol.